The second-order valence-electron chi connectivity index (χ2n) is 3.76. The molecule has 0 N–H and O–H groups in total. The van der Waals surface area contributed by atoms with Crippen molar-refractivity contribution < 1.29 is 8.42 Å². The third kappa shape index (κ3) is 3.73. The zero-order valence-electron chi connectivity index (χ0n) is 9.40. The Morgan fingerprint density at radius 1 is 1.19 bits per heavy atom. The molecule has 4 heteroatoms. The summed E-state index contributed by atoms with van der Waals surface area (Å²) in [5.74, 6) is 0. The van der Waals surface area contributed by atoms with E-state index in [1.165, 1.54) is 0 Å². The molecular weight excluding hydrogens is 335 g/mol. The summed E-state index contributed by atoms with van der Waals surface area (Å²) in [6.07, 6.45) is 3.94. The summed E-state index contributed by atoms with van der Waals surface area (Å²) >= 11 is 2.04. The van der Waals surface area contributed by atoms with Crippen LogP contribution >= 0.6 is 22.6 Å². The van der Waals surface area contributed by atoms with Crippen LogP contribution in [0.15, 0.2) is 35.2 Å². The molecule has 0 saturated heterocycles. The minimum Gasteiger partial charge on any atom is -0.223 e. The van der Waals surface area contributed by atoms with Crippen molar-refractivity contribution in [1.82, 2.24) is 0 Å². The van der Waals surface area contributed by atoms with Crippen molar-refractivity contribution in [1.29, 1.82) is 0 Å². The van der Waals surface area contributed by atoms with E-state index in [1.807, 2.05) is 28.7 Å². The van der Waals surface area contributed by atoms with E-state index < -0.39 is 9.84 Å². The molecule has 0 spiro atoms. The van der Waals surface area contributed by atoms with Crippen molar-refractivity contribution >= 4 is 32.4 Å². The lowest BCUT2D eigenvalue weighted by Crippen LogP contribution is -2.14. The van der Waals surface area contributed by atoms with Gasteiger partial charge in [-0.25, -0.2) is 8.42 Å². The highest BCUT2D eigenvalue weighted by Gasteiger charge is 2.23. The summed E-state index contributed by atoms with van der Waals surface area (Å²) in [7, 11) is -3.13. The summed E-state index contributed by atoms with van der Waals surface area (Å²) < 4.78 is 23.9. The number of hydrogen-bond donors (Lipinski definition) is 0. The molecule has 1 aromatic carbocycles. The third-order valence-electron chi connectivity index (χ3n) is 2.44. The Kier molecular flexibility index (Phi) is 5.75. The maximum atomic E-state index is 12.1. The lowest BCUT2D eigenvalue weighted by molar-refractivity contribution is 0.586. The Morgan fingerprint density at radius 2 is 1.81 bits per heavy atom. The molecule has 0 heterocycles. The number of alkyl halides is 1. The molecule has 1 rings (SSSR count). The minimum absolute atomic E-state index is 0.306. The van der Waals surface area contributed by atoms with Gasteiger partial charge in [0, 0.05) is 0 Å². The number of hydrogen-bond acceptors (Lipinski definition) is 2. The average Bonchev–Trinajstić information content (AvgIpc) is 2.30. The van der Waals surface area contributed by atoms with Crippen molar-refractivity contribution in [2.45, 2.75) is 40.8 Å². The molecule has 1 unspecified atom stereocenters. The average molecular weight is 352 g/mol. The smallest absolute Gasteiger partial charge is 0.190 e. The van der Waals surface area contributed by atoms with E-state index in [1.54, 1.807) is 24.3 Å². The molecule has 90 valence electrons. The molecule has 1 atom stereocenters. The Balaban J connectivity index is 2.71. The van der Waals surface area contributed by atoms with E-state index in [0.717, 1.165) is 25.7 Å². The predicted octanol–water partition coefficient (Wildman–Crippen LogP) is 3.80. The monoisotopic (exact) mass is 352 g/mol. The van der Waals surface area contributed by atoms with Crippen molar-refractivity contribution in [3.8, 4) is 0 Å². The molecule has 1 aromatic rings. The zero-order chi connectivity index (χ0) is 12.0. The highest BCUT2D eigenvalue weighted by Crippen LogP contribution is 2.24. The Morgan fingerprint density at radius 3 is 2.38 bits per heavy atom. The molecule has 0 aliphatic carbocycles. The molecule has 0 fully saturated rings. The Hall–Kier alpha value is -0.1000. The standard InChI is InChI=1S/C12H17IO2S/c1-2-3-5-10-12(13)16(14,15)11-8-6-4-7-9-11/h4,6-9,12H,2-3,5,10H2,1H3. The van der Waals surface area contributed by atoms with Gasteiger partial charge in [-0.15, -0.1) is 0 Å². The summed E-state index contributed by atoms with van der Waals surface area (Å²) in [5, 5.41) is 0. The lowest BCUT2D eigenvalue weighted by Gasteiger charge is -2.10. The first-order valence-electron chi connectivity index (χ1n) is 5.52. The number of unbranched alkanes of at least 4 members (excludes halogenated alkanes) is 2. The van der Waals surface area contributed by atoms with Gasteiger partial charge < -0.3 is 0 Å². The molecule has 0 bridgehead atoms. The fourth-order valence-electron chi connectivity index (χ4n) is 1.47. The van der Waals surface area contributed by atoms with Crippen LogP contribution < -0.4 is 0 Å². The van der Waals surface area contributed by atoms with Crippen LogP contribution in [0.25, 0.3) is 0 Å². The maximum absolute atomic E-state index is 12.1. The van der Waals surface area contributed by atoms with Crippen LogP contribution in [0.3, 0.4) is 0 Å². The topological polar surface area (TPSA) is 34.1 Å². The summed E-state index contributed by atoms with van der Waals surface area (Å²) in [4.78, 5) is 0.436. The van der Waals surface area contributed by atoms with Crippen LogP contribution in [-0.4, -0.2) is 11.7 Å². The highest BCUT2D eigenvalue weighted by atomic mass is 127. The molecule has 0 saturated carbocycles. The van der Waals surface area contributed by atoms with Gasteiger partial charge in [0.1, 0.15) is 3.26 Å². The number of sulfone groups is 1. The summed E-state index contributed by atoms with van der Waals surface area (Å²) in [6.45, 7) is 2.12. The second kappa shape index (κ2) is 6.59. The normalized spacial score (nSPS) is 13.6. The van der Waals surface area contributed by atoms with Crippen molar-refractivity contribution in [3.05, 3.63) is 30.3 Å². The molecule has 0 aromatic heterocycles. The first kappa shape index (κ1) is 14.0. The Bertz CT molecular complexity index is 400. The van der Waals surface area contributed by atoms with Crippen LogP contribution in [-0.2, 0) is 9.84 Å². The predicted molar refractivity (Wildman–Crippen MR) is 75.6 cm³/mol. The fourth-order valence-corrected chi connectivity index (χ4v) is 4.10. The minimum atomic E-state index is -3.13. The van der Waals surface area contributed by atoms with E-state index in [-0.39, 0.29) is 3.26 Å². The second-order valence-corrected chi connectivity index (χ2v) is 8.24. The fraction of sp³-hybridized carbons (Fsp3) is 0.500. The van der Waals surface area contributed by atoms with Crippen LogP contribution in [0.2, 0.25) is 0 Å². The Labute approximate surface area is 112 Å². The van der Waals surface area contributed by atoms with Gasteiger partial charge in [0.15, 0.2) is 9.84 Å². The van der Waals surface area contributed by atoms with E-state index in [0.29, 0.717) is 4.90 Å². The van der Waals surface area contributed by atoms with Gasteiger partial charge in [-0.2, -0.15) is 0 Å². The molecular formula is C12H17IO2S. The quantitative estimate of drug-likeness (QED) is 0.443. The molecule has 0 aliphatic rings. The van der Waals surface area contributed by atoms with Crippen LogP contribution in [0.5, 0.6) is 0 Å². The molecule has 0 amide bonds. The molecule has 16 heavy (non-hydrogen) atoms. The van der Waals surface area contributed by atoms with Gasteiger partial charge in [-0.05, 0) is 18.6 Å². The number of halogens is 1. The van der Waals surface area contributed by atoms with E-state index in [2.05, 4.69) is 6.92 Å². The van der Waals surface area contributed by atoms with Gasteiger partial charge >= 0.3 is 0 Å². The van der Waals surface area contributed by atoms with Gasteiger partial charge in [-0.3, -0.25) is 0 Å². The largest absolute Gasteiger partial charge is 0.223 e. The van der Waals surface area contributed by atoms with Gasteiger partial charge in [0.05, 0.1) is 4.90 Å². The lowest BCUT2D eigenvalue weighted by atomic mass is 10.2. The first-order valence-corrected chi connectivity index (χ1v) is 8.31. The molecule has 0 radical (unpaired) electrons. The number of rotatable bonds is 6. The van der Waals surface area contributed by atoms with Crippen molar-refractivity contribution in [2.24, 2.45) is 0 Å². The van der Waals surface area contributed by atoms with E-state index >= 15 is 0 Å². The van der Waals surface area contributed by atoms with Gasteiger partial charge in [-0.1, -0.05) is 67.0 Å². The van der Waals surface area contributed by atoms with Crippen molar-refractivity contribution in [2.75, 3.05) is 0 Å². The number of benzene rings is 1. The SMILES string of the molecule is CCCCCC(I)S(=O)(=O)c1ccccc1. The van der Waals surface area contributed by atoms with Gasteiger partial charge in [0.2, 0.25) is 0 Å². The van der Waals surface area contributed by atoms with E-state index in [9.17, 15) is 8.42 Å². The highest BCUT2D eigenvalue weighted by molar-refractivity contribution is 14.1. The summed E-state index contributed by atoms with van der Waals surface area (Å²) in [6, 6.07) is 8.70. The zero-order valence-corrected chi connectivity index (χ0v) is 12.4. The van der Waals surface area contributed by atoms with Crippen molar-refractivity contribution in [3.63, 3.8) is 0 Å². The van der Waals surface area contributed by atoms with Crippen LogP contribution in [0.1, 0.15) is 32.6 Å². The maximum Gasteiger partial charge on any atom is 0.190 e. The first-order chi connectivity index (χ1) is 7.59. The summed E-state index contributed by atoms with van der Waals surface area (Å²) in [5.41, 5.74) is 0. The molecule has 2 nitrogen and oxygen atoms in total. The van der Waals surface area contributed by atoms with Crippen LogP contribution in [0, 0.1) is 0 Å². The molecule has 0 aliphatic heterocycles. The van der Waals surface area contributed by atoms with E-state index in [4.69, 9.17) is 0 Å². The van der Waals surface area contributed by atoms with Gasteiger partial charge in [0.25, 0.3) is 0 Å². The van der Waals surface area contributed by atoms with Crippen LogP contribution in [0.4, 0.5) is 0 Å². The third-order valence-corrected chi connectivity index (χ3v) is 6.91.